The van der Waals surface area contributed by atoms with E-state index in [0.717, 1.165) is 28.7 Å². The number of aromatic carboxylic acids is 1. The van der Waals surface area contributed by atoms with Gasteiger partial charge in [-0.1, -0.05) is 30.3 Å². The molecule has 0 amide bonds. The summed E-state index contributed by atoms with van der Waals surface area (Å²) < 4.78 is 0. The van der Waals surface area contributed by atoms with Gasteiger partial charge in [0.15, 0.2) is 17.2 Å². The van der Waals surface area contributed by atoms with Crippen LogP contribution in [0.3, 0.4) is 0 Å². The van der Waals surface area contributed by atoms with Crippen LogP contribution in [0.1, 0.15) is 32.6 Å². The lowest BCUT2D eigenvalue weighted by Gasteiger charge is -2.08. The molecule has 6 nitrogen and oxygen atoms in total. The van der Waals surface area contributed by atoms with Gasteiger partial charge in [0.05, 0.1) is 0 Å². The first kappa shape index (κ1) is 20.1. The number of aromatic hydroxyl groups is 4. The highest BCUT2D eigenvalue weighted by Crippen LogP contribution is 2.35. The zero-order valence-electron chi connectivity index (χ0n) is 15.7. The Kier molecular flexibility index (Phi) is 5.93. The van der Waals surface area contributed by atoms with Crippen LogP contribution in [0.5, 0.6) is 23.0 Å². The number of hydrogen-bond donors (Lipinski definition) is 5. The van der Waals surface area contributed by atoms with Crippen molar-refractivity contribution in [3.05, 3.63) is 82.4 Å². The lowest BCUT2D eigenvalue weighted by molar-refractivity contribution is 0.0693. The Morgan fingerprint density at radius 1 is 0.586 bits per heavy atom. The van der Waals surface area contributed by atoms with Crippen LogP contribution < -0.4 is 0 Å². The third-order valence-electron chi connectivity index (χ3n) is 4.85. The predicted molar refractivity (Wildman–Crippen MR) is 108 cm³/mol. The molecule has 6 heteroatoms. The van der Waals surface area contributed by atoms with E-state index >= 15 is 0 Å². The zero-order valence-corrected chi connectivity index (χ0v) is 15.7. The molecule has 3 aromatic carbocycles. The smallest absolute Gasteiger partial charge is 0.339 e. The molecule has 3 rings (SSSR count). The SMILES string of the molecule is O=C(O)c1ccc(CCc2ccc(CCc3cc(O)c(O)c(O)c3)cc2)cc1O. The van der Waals surface area contributed by atoms with Crippen molar-refractivity contribution in [2.75, 3.05) is 0 Å². The fraction of sp³-hybridized carbons (Fsp3) is 0.174. The Hall–Kier alpha value is -3.67. The van der Waals surface area contributed by atoms with Gasteiger partial charge in [0, 0.05) is 0 Å². The molecule has 0 heterocycles. The van der Waals surface area contributed by atoms with E-state index in [1.54, 1.807) is 6.07 Å². The van der Waals surface area contributed by atoms with E-state index in [-0.39, 0.29) is 22.8 Å². The van der Waals surface area contributed by atoms with Crippen molar-refractivity contribution in [2.24, 2.45) is 0 Å². The first-order valence-corrected chi connectivity index (χ1v) is 9.20. The monoisotopic (exact) mass is 394 g/mol. The van der Waals surface area contributed by atoms with Gasteiger partial charge in [0.2, 0.25) is 0 Å². The lowest BCUT2D eigenvalue weighted by atomic mass is 9.99. The number of hydrogen-bond acceptors (Lipinski definition) is 5. The van der Waals surface area contributed by atoms with Crippen molar-refractivity contribution in [3.63, 3.8) is 0 Å². The highest BCUT2D eigenvalue weighted by atomic mass is 16.4. The van der Waals surface area contributed by atoms with Crippen LogP contribution in [-0.4, -0.2) is 31.5 Å². The van der Waals surface area contributed by atoms with Crippen molar-refractivity contribution in [2.45, 2.75) is 25.7 Å². The van der Waals surface area contributed by atoms with Crippen molar-refractivity contribution in [1.29, 1.82) is 0 Å². The standard InChI is InChI=1S/C23H22O6/c24-19-11-16(9-10-18(19)23(28)29)7-5-14-1-3-15(4-2-14)6-8-17-12-20(25)22(27)21(26)13-17/h1-4,9-13,24-27H,5-8H2,(H,28,29). The summed E-state index contributed by atoms with van der Waals surface area (Å²) in [4.78, 5) is 10.9. The summed E-state index contributed by atoms with van der Waals surface area (Å²) in [5, 5.41) is 47.3. The zero-order chi connectivity index (χ0) is 21.0. The third-order valence-corrected chi connectivity index (χ3v) is 4.85. The number of carboxylic acids is 1. The van der Waals surface area contributed by atoms with Crippen molar-refractivity contribution >= 4 is 5.97 Å². The summed E-state index contributed by atoms with van der Waals surface area (Å²) in [5.74, 6) is -2.56. The fourth-order valence-electron chi connectivity index (χ4n) is 3.17. The normalized spacial score (nSPS) is 10.8. The fourth-order valence-corrected chi connectivity index (χ4v) is 3.17. The second kappa shape index (κ2) is 8.56. The van der Waals surface area contributed by atoms with Crippen molar-refractivity contribution in [3.8, 4) is 23.0 Å². The summed E-state index contributed by atoms with van der Waals surface area (Å²) in [5.41, 5.74) is 3.71. The molecule has 0 aliphatic carbocycles. The second-order valence-electron chi connectivity index (χ2n) is 6.96. The van der Waals surface area contributed by atoms with Gasteiger partial charge in [0.1, 0.15) is 11.3 Å². The number of carbonyl (C=O) groups is 1. The van der Waals surface area contributed by atoms with Crippen LogP contribution in [0.15, 0.2) is 54.6 Å². The number of benzene rings is 3. The summed E-state index contributed by atoms with van der Waals surface area (Å²) in [6, 6.07) is 15.6. The van der Waals surface area contributed by atoms with E-state index in [9.17, 15) is 25.2 Å². The minimum Gasteiger partial charge on any atom is -0.507 e. The highest BCUT2D eigenvalue weighted by Gasteiger charge is 2.10. The maximum atomic E-state index is 10.9. The minimum atomic E-state index is -1.15. The maximum absolute atomic E-state index is 10.9. The van der Waals surface area contributed by atoms with Gasteiger partial charge in [-0.2, -0.15) is 0 Å². The Labute approximate surface area is 168 Å². The number of aryl methyl sites for hydroxylation is 4. The summed E-state index contributed by atoms with van der Waals surface area (Å²) in [7, 11) is 0. The Bertz CT molecular complexity index is 1000. The van der Waals surface area contributed by atoms with Gasteiger partial charge >= 0.3 is 5.97 Å². The molecule has 29 heavy (non-hydrogen) atoms. The molecule has 0 aliphatic rings. The summed E-state index contributed by atoms with van der Waals surface area (Å²) >= 11 is 0. The van der Waals surface area contributed by atoms with Gasteiger partial charge in [-0.25, -0.2) is 4.79 Å². The molecule has 0 atom stereocenters. The first-order chi connectivity index (χ1) is 13.8. The Morgan fingerprint density at radius 3 is 1.48 bits per heavy atom. The molecule has 3 aromatic rings. The quantitative estimate of drug-likeness (QED) is 0.389. The van der Waals surface area contributed by atoms with Gasteiger partial charge in [-0.05, 0) is 72.2 Å². The molecule has 0 saturated carbocycles. The van der Waals surface area contributed by atoms with Crippen LogP contribution in [0.4, 0.5) is 0 Å². The number of phenols is 4. The number of phenolic OH excluding ortho intramolecular Hbond substituents is 3. The van der Waals surface area contributed by atoms with Crippen LogP contribution in [0.2, 0.25) is 0 Å². The number of carboxylic acid groups (broad SMARTS) is 1. The van der Waals surface area contributed by atoms with E-state index in [0.29, 0.717) is 19.3 Å². The van der Waals surface area contributed by atoms with Crippen molar-refractivity contribution < 1.29 is 30.3 Å². The minimum absolute atomic E-state index is 0.103. The van der Waals surface area contributed by atoms with Crippen LogP contribution in [0.25, 0.3) is 0 Å². The van der Waals surface area contributed by atoms with Gasteiger partial charge in [0.25, 0.3) is 0 Å². The Morgan fingerprint density at radius 2 is 1.00 bits per heavy atom. The molecule has 0 spiro atoms. The van der Waals surface area contributed by atoms with Gasteiger partial charge < -0.3 is 25.5 Å². The third kappa shape index (κ3) is 4.99. The lowest BCUT2D eigenvalue weighted by Crippen LogP contribution is -1.98. The average molecular weight is 394 g/mol. The molecule has 150 valence electrons. The molecule has 0 bridgehead atoms. The Balaban J connectivity index is 1.56. The molecular formula is C23H22O6. The van der Waals surface area contributed by atoms with Crippen molar-refractivity contribution in [1.82, 2.24) is 0 Å². The molecule has 0 saturated heterocycles. The molecule has 5 N–H and O–H groups in total. The van der Waals surface area contributed by atoms with Crippen LogP contribution >= 0.6 is 0 Å². The molecule has 0 unspecified atom stereocenters. The highest BCUT2D eigenvalue weighted by molar-refractivity contribution is 5.90. The average Bonchev–Trinajstić information content (AvgIpc) is 2.69. The van der Waals surface area contributed by atoms with E-state index in [4.69, 9.17) is 5.11 Å². The van der Waals surface area contributed by atoms with E-state index in [2.05, 4.69) is 0 Å². The van der Waals surface area contributed by atoms with Gasteiger partial charge in [-0.15, -0.1) is 0 Å². The summed E-state index contributed by atoms with van der Waals surface area (Å²) in [6.07, 6.45) is 2.76. The summed E-state index contributed by atoms with van der Waals surface area (Å²) in [6.45, 7) is 0. The van der Waals surface area contributed by atoms with E-state index < -0.39 is 11.7 Å². The van der Waals surface area contributed by atoms with Crippen LogP contribution in [0, 0.1) is 0 Å². The number of rotatable bonds is 7. The first-order valence-electron chi connectivity index (χ1n) is 9.20. The van der Waals surface area contributed by atoms with Crippen LogP contribution in [-0.2, 0) is 25.7 Å². The second-order valence-corrected chi connectivity index (χ2v) is 6.96. The molecule has 0 aliphatic heterocycles. The maximum Gasteiger partial charge on any atom is 0.339 e. The van der Waals surface area contributed by atoms with E-state index in [1.807, 2.05) is 24.3 Å². The molecule has 0 fully saturated rings. The molecular weight excluding hydrogens is 372 g/mol. The van der Waals surface area contributed by atoms with Gasteiger partial charge in [-0.3, -0.25) is 0 Å². The van der Waals surface area contributed by atoms with E-state index in [1.165, 1.54) is 24.3 Å². The molecule has 0 aromatic heterocycles. The molecule has 0 radical (unpaired) electrons. The predicted octanol–water partition coefficient (Wildman–Crippen LogP) is 3.78. The largest absolute Gasteiger partial charge is 0.507 e. The topological polar surface area (TPSA) is 118 Å².